The lowest BCUT2D eigenvalue weighted by molar-refractivity contribution is 0.646. The quantitative estimate of drug-likeness (QED) is 0.317. The van der Waals surface area contributed by atoms with Gasteiger partial charge in [0.05, 0.1) is 0 Å². The first-order valence-corrected chi connectivity index (χ1v) is 9.80. The molecule has 1 fully saturated rings. The Labute approximate surface area is 188 Å². The monoisotopic (exact) mass is 505 g/mol. The third-order valence-corrected chi connectivity index (χ3v) is 5.18. The summed E-state index contributed by atoms with van der Waals surface area (Å²) >= 11 is 0. The van der Waals surface area contributed by atoms with Crippen molar-refractivity contribution in [3.63, 3.8) is 0 Å². The van der Waals surface area contributed by atoms with Gasteiger partial charge in [-0.15, -0.1) is 34.2 Å². The smallest absolute Gasteiger partial charge is 0.191 e. The van der Waals surface area contributed by atoms with Gasteiger partial charge in [0, 0.05) is 51.0 Å². The standard InChI is InChI=1S/C21H27N7.HI/c1-16-6-8-18(9-7-16)27-14-11-17(15-27)24-21(22-2)23-12-10-20-26-25-19-5-3-4-13-28(19)20;/h3-9,13,17H,10-12,14-15H2,1-2H3,(H2,22,23,24);1H. The summed E-state index contributed by atoms with van der Waals surface area (Å²) in [6.07, 6.45) is 3.88. The van der Waals surface area contributed by atoms with Crippen LogP contribution in [0.25, 0.3) is 5.65 Å². The molecule has 2 aromatic heterocycles. The fourth-order valence-electron chi connectivity index (χ4n) is 3.61. The van der Waals surface area contributed by atoms with Gasteiger partial charge in [0.1, 0.15) is 5.82 Å². The highest BCUT2D eigenvalue weighted by atomic mass is 127. The Hall–Kier alpha value is -2.36. The predicted molar refractivity (Wildman–Crippen MR) is 128 cm³/mol. The van der Waals surface area contributed by atoms with E-state index in [1.807, 2.05) is 35.8 Å². The average Bonchev–Trinajstić information content (AvgIpc) is 3.35. The number of rotatable bonds is 5. The molecule has 1 aliphatic rings. The fourth-order valence-corrected chi connectivity index (χ4v) is 3.61. The molecule has 0 amide bonds. The van der Waals surface area contributed by atoms with E-state index in [0.29, 0.717) is 6.04 Å². The summed E-state index contributed by atoms with van der Waals surface area (Å²) in [6.45, 7) is 4.92. The minimum absolute atomic E-state index is 0. The largest absolute Gasteiger partial charge is 0.369 e. The number of guanidine groups is 1. The van der Waals surface area contributed by atoms with E-state index in [0.717, 1.165) is 49.9 Å². The van der Waals surface area contributed by atoms with Crippen LogP contribution in [0.1, 0.15) is 17.8 Å². The maximum absolute atomic E-state index is 4.38. The molecule has 0 aliphatic carbocycles. The predicted octanol–water partition coefficient (Wildman–Crippen LogP) is 2.64. The molecule has 3 aromatic rings. The molecule has 7 nitrogen and oxygen atoms in total. The van der Waals surface area contributed by atoms with Crippen LogP contribution >= 0.6 is 24.0 Å². The Kier molecular flexibility index (Phi) is 7.29. The number of aromatic nitrogens is 3. The normalized spacial score (nSPS) is 16.7. The van der Waals surface area contributed by atoms with Gasteiger partial charge in [0.2, 0.25) is 0 Å². The summed E-state index contributed by atoms with van der Waals surface area (Å²) in [5.41, 5.74) is 3.46. The van der Waals surface area contributed by atoms with Gasteiger partial charge in [0.15, 0.2) is 11.6 Å². The van der Waals surface area contributed by atoms with Crippen LogP contribution in [0.2, 0.25) is 0 Å². The van der Waals surface area contributed by atoms with E-state index in [1.54, 1.807) is 0 Å². The molecule has 1 saturated heterocycles. The zero-order valence-electron chi connectivity index (χ0n) is 16.9. The van der Waals surface area contributed by atoms with Crippen LogP contribution in [-0.2, 0) is 6.42 Å². The summed E-state index contributed by atoms with van der Waals surface area (Å²) in [6, 6.07) is 15.1. The second-order valence-corrected chi connectivity index (χ2v) is 7.21. The highest BCUT2D eigenvalue weighted by molar-refractivity contribution is 14.0. The van der Waals surface area contributed by atoms with E-state index in [-0.39, 0.29) is 24.0 Å². The van der Waals surface area contributed by atoms with Gasteiger partial charge in [-0.3, -0.25) is 9.39 Å². The molecule has 0 spiro atoms. The lowest BCUT2D eigenvalue weighted by Crippen LogP contribution is -2.45. The lowest BCUT2D eigenvalue weighted by Gasteiger charge is -2.20. The number of benzene rings is 1. The minimum atomic E-state index is 0. The van der Waals surface area contributed by atoms with Crippen LogP contribution in [0.3, 0.4) is 0 Å². The summed E-state index contributed by atoms with van der Waals surface area (Å²) < 4.78 is 2.02. The number of fused-ring (bicyclic) bond motifs is 1. The Bertz CT molecular complexity index is 951. The highest BCUT2D eigenvalue weighted by Gasteiger charge is 2.23. The maximum Gasteiger partial charge on any atom is 0.191 e. The maximum atomic E-state index is 4.38. The fraction of sp³-hybridized carbons (Fsp3) is 0.381. The average molecular weight is 505 g/mol. The molecule has 0 saturated carbocycles. The molecule has 0 radical (unpaired) electrons. The molecule has 4 rings (SSSR count). The van der Waals surface area contributed by atoms with Gasteiger partial charge < -0.3 is 15.5 Å². The number of aliphatic imine (C=N–C) groups is 1. The highest BCUT2D eigenvalue weighted by Crippen LogP contribution is 2.20. The van der Waals surface area contributed by atoms with Crippen molar-refractivity contribution in [3.05, 3.63) is 60.0 Å². The third-order valence-electron chi connectivity index (χ3n) is 5.18. The third kappa shape index (κ3) is 5.17. The molecule has 154 valence electrons. The van der Waals surface area contributed by atoms with Crippen LogP contribution < -0.4 is 15.5 Å². The van der Waals surface area contributed by atoms with E-state index in [2.05, 4.69) is 61.9 Å². The molecule has 1 aliphatic heterocycles. The Morgan fingerprint density at radius 2 is 2.00 bits per heavy atom. The topological polar surface area (TPSA) is 69.8 Å². The molecule has 8 heteroatoms. The minimum Gasteiger partial charge on any atom is -0.369 e. The van der Waals surface area contributed by atoms with Gasteiger partial charge >= 0.3 is 0 Å². The zero-order valence-corrected chi connectivity index (χ0v) is 19.2. The molecular formula is C21H28IN7. The Balaban J connectivity index is 0.00000240. The second kappa shape index (κ2) is 9.91. The van der Waals surface area contributed by atoms with Crippen LogP contribution in [0, 0.1) is 6.92 Å². The molecule has 1 aromatic carbocycles. The van der Waals surface area contributed by atoms with Crippen molar-refractivity contribution in [3.8, 4) is 0 Å². The SMILES string of the molecule is CN=C(NCCc1nnc2ccccn12)NC1CCN(c2ccc(C)cc2)C1.I. The number of nitrogens with one attached hydrogen (secondary N) is 2. The van der Waals surface area contributed by atoms with Gasteiger partial charge in [-0.2, -0.15) is 0 Å². The van der Waals surface area contributed by atoms with E-state index < -0.39 is 0 Å². The number of hydrogen-bond donors (Lipinski definition) is 2. The van der Waals surface area contributed by atoms with Gasteiger partial charge in [-0.05, 0) is 37.6 Å². The molecule has 1 atom stereocenters. The van der Waals surface area contributed by atoms with Crippen molar-refractivity contribution >= 4 is 41.3 Å². The molecule has 29 heavy (non-hydrogen) atoms. The first-order chi connectivity index (χ1) is 13.7. The number of halogens is 1. The summed E-state index contributed by atoms with van der Waals surface area (Å²) in [5, 5.41) is 15.4. The van der Waals surface area contributed by atoms with E-state index in [9.17, 15) is 0 Å². The van der Waals surface area contributed by atoms with Crippen molar-refractivity contribution in [2.24, 2.45) is 4.99 Å². The molecule has 0 bridgehead atoms. The van der Waals surface area contributed by atoms with E-state index in [4.69, 9.17) is 0 Å². The second-order valence-electron chi connectivity index (χ2n) is 7.21. The van der Waals surface area contributed by atoms with E-state index in [1.165, 1.54) is 11.3 Å². The van der Waals surface area contributed by atoms with Crippen LogP contribution in [0.5, 0.6) is 0 Å². The number of aryl methyl sites for hydroxylation is 1. The molecular weight excluding hydrogens is 477 g/mol. The summed E-state index contributed by atoms with van der Waals surface area (Å²) in [7, 11) is 1.81. The van der Waals surface area contributed by atoms with Crippen molar-refractivity contribution in [2.75, 3.05) is 31.6 Å². The number of pyridine rings is 1. The number of anilines is 1. The van der Waals surface area contributed by atoms with Crippen molar-refractivity contribution in [2.45, 2.75) is 25.8 Å². The van der Waals surface area contributed by atoms with Gasteiger partial charge in [-0.25, -0.2) is 0 Å². The first kappa shape index (κ1) is 21.4. The Morgan fingerprint density at radius 1 is 1.17 bits per heavy atom. The summed E-state index contributed by atoms with van der Waals surface area (Å²) in [5.74, 6) is 1.79. The van der Waals surface area contributed by atoms with Crippen LogP contribution in [-0.4, -0.2) is 53.3 Å². The van der Waals surface area contributed by atoms with Gasteiger partial charge in [-0.1, -0.05) is 23.8 Å². The van der Waals surface area contributed by atoms with Crippen molar-refractivity contribution in [1.82, 2.24) is 25.2 Å². The zero-order chi connectivity index (χ0) is 19.3. The number of hydrogen-bond acceptors (Lipinski definition) is 4. The number of nitrogens with zero attached hydrogens (tertiary/aromatic N) is 5. The van der Waals surface area contributed by atoms with Crippen LogP contribution in [0.15, 0.2) is 53.7 Å². The van der Waals surface area contributed by atoms with Crippen LogP contribution in [0.4, 0.5) is 5.69 Å². The molecule has 1 unspecified atom stereocenters. The van der Waals surface area contributed by atoms with Crippen molar-refractivity contribution in [1.29, 1.82) is 0 Å². The van der Waals surface area contributed by atoms with E-state index >= 15 is 0 Å². The van der Waals surface area contributed by atoms with Crippen molar-refractivity contribution < 1.29 is 0 Å². The summed E-state index contributed by atoms with van der Waals surface area (Å²) in [4.78, 5) is 6.80. The molecule has 2 N–H and O–H groups in total. The first-order valence-electron chi connectivity index (χ1n) is 9.80. The lowest BCUT2D eigenvalue weighted by atomic mass is 10.2. The Morgan fingerprint density at radius 3 is 2.79 bits per heavy atom. The molecule has 3 heterocycles. The van der Waals surface area contributed by atoms with Gasteiger partial charge in [0.25, 0.3) is 0 Å².